The molecule has 2 aromatic rings. The van der Waals surface area contributed by atoms with Gasteiger partial charge in [-0.2, -0.15) is 0 Å². The molecule has 3 rings (SSSR count). The van der Waals surface area contributed by atoms with Crippen LogP contribution in [-0.2, 0) is 19.1 Å². The monoisotopic (exact) mass is 550 g/mol. The first-order valence-electron chi connectivity index (χ1n) is 13.5. The van der Waals surface area contributed by atoms with Crippen LogP contribution < -0.4 is 5.32 Å². The lowest BCUT2D eigenvalue weighted by Crippen LogP contribution is -2.62. The predicted octanol–water partition coefficient (Wildman–Crippen LogP) is 2.58. The maximum atomic E-state index is 13.3. The summed E-state index contributed by atoms with van der Waals surface area (Å²) >= 11 is 0. The first-order chi connectivity index (χ1) is 19.2. The molecule has 214 valence electrons. The van der Waals surface area contributed by atoms with Crippen LogP contribution >= 0.6 is 0 Å². The average molecular weight is 551 g/mol. The Hall–Kier alpha value is -3.55. The van der Waals surface area contributed by atoms with Crippen molar-refractivity contribution >= 4 is 17.6 Å². The molecule has 0 radical (unpaired) electrons. The molecule has 3 N–H and O–H groups in total. The molecule has 2 aromatic carbocycles. The summed E-state index contributed by atoms with van der Waals surface area (Å²) in [7, 11) is 2.84. The van der Waals surface area contributed by atoms with Crippen molar-refractivity contribution in [2.75, 3.05) is 33.9 Å². The molecule has 1 aliphatic rings. The third kappa shape index (κ3) is 7.77. The Labute approximate surface area is 235 Å². The van der Waals surface area contributed by atoms with Crippen LogP contribution in [0.4, 0.5) is 0 Å². The number of aliphatic hydroxyl groups excluding tert-OH is 2. The predicted molar refractivity (Wildman–Crippen MR) is 149 cm³/mol. The Bertz CT molecular complexity index is 1210. The molecule has 0 bridgehead atoms. The number of carbonyl (C=O) groups is 3. The number of likely N-dealkylation sites (N-methyl/N-ethyl adjacent to an activating group) is 2. The Morgan fingerprint density at radius 2 is 1.73 bits per heavy atom. The highest BCUT2D eigenvalue weighted by Gasteiger charge is 2.46. The number of benzene rings is 2. The van der Waals surface area contributed by atoms with Crippen LogP contribution in [0.25, 0.3) is 0 Å². The van der Waals surface area contributed by atoms with Crippen molar-refractivity contribution in [2.24, 2.45) is 0 Å². The van der Waals surface area contributed by atoms with Crippen molar-refractivity contribution in [3.8, 4) is 11.8 Å². The fraction of sp³-hybridized carbons (Fsp3) is 0.452. The highest BCUT2D eigenvalue weighted by atomic mass is 16.7. The van der Waals surface area contributed by atoms with Gasteiger partial charge in [0.2, 0.25) is 0 Å². The summed E-state index contributed by atoms with van der Waals surface area (Å²) in [5.41, 5.74) is 0.725. The molecule has 0 aliphatic carbocycles. The van der Waals surface area contributed by atoms with Crippen molar-refractivity contribution in [1.82, 2.24) is 10.2 Å². The topological polar surface area (TPSA) is 125 Å². The SMILES string of the molecule is CNC(=O)[C@@](C)(C(=O)COC1CCCCO1)N(C)C(=O)c1ccc(C#Cc2ccc([C@H](O)CCCO)cc2)cc1. The summed E-state index contributed by atoms with van der Waals surface area (Å²) in [6.07, 6.45) is 2.44. The van der Waals surface area contributed by atoms with Crippen molar-refractivity contribution < 1.29 is 34.1 Å². The Balaban J connectivity index is 1.68. The molecule has 1 fully saturated rings. The van der Waals surface area contributed by atoms with E-state index in [0.717, 1.165) is 28.9 Å². The molecule has 1 heterocycles. The summed E-state index contributed by atoms with van der Waals surface area (Å²) in [5, 5.41) is 21.5. The summed E-state index contributed by atoms with van der Waals surface area (Å²) in [6, 6.07) is 13.8. The number of nitrogens with one attached hydrogen (secondary N) is 1. The maximum absolute atomic E-state index is 13.3. The van der Waals surface area contributed by atoms with Gasteiger partial charge in [0, 0.05) is 44.0 Å². The van der Waals surface area contributed by atoms with Gasteiger partial charge in [-0.15, -0.1) is 0 Å². The molecule has 1 saturated heterocycles. The molecule has 9 nitrogen and oxygen atoms in total. The highest BCUT2D eigenvalue weighted by Crippen LogP contribution is 2.22. The molecule has 1 unspecified atom stereocenters. The van der Waals surface area contributed by atoms with E-state index in [1.54, 1.807) is 24.3 Å². The molecule has 0 spiro atoms. The van der Waals surface area contributed by atoms with E-state index in [9.17, 15) is 19.5 Å². The average Bonchev–Trinajstić information content (AvgIpc) is 3.00. The lowest BCUT2D eigenvalue weighted by Gasteiger charge is -2.36. The number of Topliss-reactive ketones (excluding diaryl/α,β-unsaturated/α-hetero) is 1. The third-order valence-electron chi connectivity index (χ3n) is 7.14. The quantitative estimate of drug-likeness (QED) is 0.290. The van der Waals surface area contributed by atoms with E-state index in [0.29, 0.717) is 37.0 Å². The van der Waals surface area contributed by atoms with Crippen LogP contribution in [0.3, 0.4) is 0 Å². The van der Waals surface area contributed by atoms with Crippen LogP contribution in [0.1, 0.15) is 72.2 Å². The number of nitrogens with zero attached hydrogens (tertiary/aromatic N) is 1. The number of rotatable bonds is 11. The first-order valence-corrected chi connectivity index (χ1v) is 13.5. The van der Waals surface area contributed by atoms with Crippen molar-refractivity contribution in [3.05, 3.63) is 70.8 Å². The minimum absolute atomic E-state index is 0.0397. The van der Waals surface area contributed by atoms with Crippen molar-refractivity contribution in [1.29, 1.82) is 0 Å². The van der Waals surface area contributed by atoms with Crippen LogP contribution in [0.2, 0.25) is 0 Å². The summed E-state index contributed by atoms with van der Waals surface area (Å²) < 4.78 is 11.1. The second kappa shape index (κ2) is 14.7. The zero-order chi connectivity index (χ0) is 29.1. The first kappa shape index (κ1) is 31.0. The zero-order valence-corrected chi connectivity index (χ0v) is 23.3. The molecular formula is C31H38N2O7. The maximum Gasteiger partial charge on any atom is 0.254 e. The summed E-state index contributed by atoms with van der Waals surface area (Å²) in [6.45, 7) is 1.65. The fourth-order valence-corrected chi connectivity index (χ4v) is 4.34. The zero-order valence-electron chi connectivity index (χ0n) is 23.3. The van der Waals surface area contributed by atoms with E-state index in [1.807, 2.05) is 24.3 Å². The number of hydrogen-bond donors (Lipinski definition) is 3. The molecule has 3 atom stereocenters. The lowest BCUT2D eigenvalue weighted by molar-refractivity contribution is -0.174. The van der Waals surface area contributed by atoms with Crippen LogP contribution in [0, 0.1) is 11.8 Å². The molecule has 0 aromatic heterocycles. The third-order valence-corrected chi connectivity index (χ3v) is 7.14. The number of aliphatic hydroxyl groups is 2. The van der Waals surface area contributed by atoms with E-state index >= 15 is 0 Å². The number of ether oxygens (including phenoxy) is 2. The molecule has 0 saturated carbocycles. The van der Waals surface area contributed by atoms with Gasteiger partial charge < -0.3 is 29.9 Å². The molecular weight excluding hydrogens is 512 g/mol. The molecule has 1 aliphatic heterocycles. The van der Waals surface area contributed by atoms with Gasteiger partial charge in [0.15, 0.2) is 17.6 Å². The van der Waals surface area contributed by atoms with Gasteiger partial charge in [-0.1, -0.05) is 24.0 Å². The van der Waals surface area contributed by atoms with Crippen molar-refractivity contribution in [3.63, 3.8) is 0 Å². The van der Waals surface area contributed by atoms with Gasteiger partial charge >= 0.3 is 0 Å². The van der Waals surface area contributed by atoms with Gasteiger partial charge in [0.1, 0.15) is 6.61 Å². The second-order valence-electron chi connectivity index (χ2n) is 9.88. The highest BCUT2D eigenvalue weighted by molar-refractivity contribution is 6.14. The number of ketones is 1. The van der Waals surface area contributed by atoms with E-state index in [1.165, 1.54) is 21.0 Å². The minimum Gasteiger partial charge on any atom is -0.396 e. The van der Waals surface area contributed by atoms with E-state index < -0.39 is 35.5 Å². The van der Waals surface area contributed by atoms with Gasteiger partial charge in [0.25, 0.3) is 11.8 Å². The smallest absolute Gasteiger partial charge is 0.254 e. The fourth-order valence-electron chi connectivity index (χ4n) is 4.34. The van der Waals surface area contributed by atoms with Gasteiger partial charge in [-0.05, 0) is 81.0 Å². The van der Waals surface area contributed by atoms with Gasteiger partial charge in [0.05, 0.1) is 6.10 Å². The molecule has 2 amide bonds. The Morgan fingerprint density at radius 1 is 1.10 bits per heavy atom. The largest absolute Gasteiger partial charge is 0.396 e. The summed E-state index contributed by atoms with van der Waals surface area (Å²) in [5.74, 6) is 4.44. The Kier molecular flexibility index (Phi) is 11.4. The number of hydrogen-bond acceptors (Lipinski definition) is 7. The normalized spacial score (nSPS) is 17.1. The van der Waals surface area contributed by atoms with Gasteiger partial charge in [-0.3, -0.25) is 14.4 Å². The van der Waals surface area contributed by atoms with Crippen LogP contribution in [0.5, 0.6) is 0 Å². The second-order valence-corrected chi connectivity index (χ2v) is 9.88. The number of carbonyl (C=O) groups excluding carboxylic acids is 3. The molecule has 40 heavy (non-hydrogen) atoms. The van der Waals surface area contributed by atoms with E-state index in [2.05, 4.69) is 17.2 Å². The van der Waals surface area contributed by atoms with Crippen molar-refractivity contribution in [2.45, 2.75) is 57.0 Å². The van der Waals surface area contributed by atoms with E-state index in [-0.39, 0.29) is 13.2 Å². The minimum atomic E-state index is -1.78. The van der Waals surface area contributed by atoms with Crippen LogP contribution in [0.15, 0.2) is 48.5 Å². The Morgan fingerprint density at radius 3 is 2.27 bits per heavy atom. The van der Waals surface area contributed by atoms with E-state index in [4.69, 9.17) is 14.6 Å². The molecule has 9 heteroatoms. The van der Waals surface area contributed by atoms with Gasteiger partial charge in [-0.25, -0.2) is 0 Å². The lowest BCUT2D eigenvalue weighted by atomic mass is 9.92. The summed E-state index contributed by atoms with van der Waals surface area (Å²) in [4.78, 5) is 40.5. The number of amides is 2. The standard InChI is InChI=1S/C31H38N2O7/c1-31(30(38)32-2,27(36)21-40-28-8-4-5-20-39-28)33(3)29(37)25-17-13-23(14-18-25)10-9-22-11-15-24(16-12-22)26(35)7-6-19-34/h11-18,26,28,34-35H,4-8,19-21H2,1-3H3,(H,32,38)/t26-,28?,31-/m1/s1. The van der Waals surface area contributed by atoms with Crippen LogP contribution in [-0.4, -0.2) is 78.5 Å².